The lowest BCUT2D eigenvalue weighted by Gasteiger charge is -2.13. The number of carboxylic acid groups (broad SMARTS) is 1. The second-order valence-electron chi connectivity index (χ2n) is 4.21. The Morgan fingerprint density at radius 3 is 2.50 bits per heavy atom. The molecule has 106 valence electrons. The van der Waals surface area contributed by atoms with Gasteiger partial charge in [0, 0.05) is 11.4 Å². The number of hydrogen-bond donors (Lipinski definition) is 2. The third-order valence-electron chi connectivity index (χ3n) is 2.72. The minimum absolute atomic E-state index is 0.00215. The number of aromatic carboxylic acids is 1. The number of benzene rings is 1. The normalized spacial score (nSPS) is 13.1. The van der Waals surface area contributed by atoms with E-state index in [-0.39, 0.29) is 9.77 Å². The molecule has 2 rings (SSSR count). The van der Waals surface area contributed by atoms with Crippen LogP contribution in [0.3, 0.4) is 0 Å². The molecule has 0 aliphatic carbocycles. The summed E-state index contributed by atoms with van der Waals surface area (Å²) in [5.74, 6) is -1.14. The molecule has 0 fully saturated rings. The maximum Gasteiger partial charge on any atom is 0.336 e. The van der Waals surface area contributed by atoms with Crippen molar-refractivity contribution in [3.63, 3.8) is 0 Å². The van der Waals surface area contributed by atoms with Crippen LogP contribution in [-0.4, -0.2) is 19.5 Å². The van der Waals surface area contributed by atoms with Crippen LogP contribution >= 0.6 is 11.3 Å². The van der Waals surface area contributed by atoms with Crippen molar-refractivity contribution in [2.75, 3.05) is 0 Å². The van der Waals surface area contributed by atoms with E-state index in [1.807, 2.05) is 30.3 Å². The Morgan fingerprint density at radius 2 is 1.95 bits per heavy atom. The highest BCUT2D eigenvalue weighted by molar-refractivity contribution is 7.91. The zero-order valence-corrected chi connectivity index (χ0v) is 12.2. The average molecular weight is 311 g/mol. The van der Waals surface area contributed by atoms with E-state index in [4.69, 9.17) is 5.11 Å². The molecular formula is C13H13NO4S2. The minimum Gasteiger partial charge on any atom is -0.478 e. The highest BCUT2D eigenvalue weighted by Gasteiger charge is 2.21. The molecule has 0 saturated carbocycles. The van der Waals surface area contributed by atoms with E-state index in [2.05, 4.69) is 4.72 Å². The lowest BCUT2D eigenvalue weighted by molar-refractivity contribution is 0.0697. The van der Waals surface area contributed by atoms with Crippen molar-refractivity contribution in [1.82, 2.24) is 4.72 Å². The van der Waals surface area contributed by atoms with E-state index in [0.29, 0.717) is 0 Å². The molecule has 0 aliphatic rings. The number of sulfonamides is 1. The Kier molecular flexibility index (Phi) is 4.22. The number of nitrogens with one attached hydrogen (secondary N) is 1. The highest BCUT2D eigenvalue weighted by atomic mass is 32.2. The molecule has 1 atom stereocenters. The molecule has 1 heterocycles. The van der Waals surface area contributed by atoms with Crippen LogP contribution in [0, 0.1) is 0 Å². The maximum atomic E-state index is 12.2. The van der Waals surface area contributed by atoms with E-state index in [9.17, 15) is 13.2 Å². The van der Waals surface area contributed by atoms with E-state index >= 15 is 0 Å². The summed E-state index contributed by atoms with van der Waals surface area (Å²) < 4.78 is 26.8. The third kappa shape index (κ3) is 3.24. The molecule has 7 heteroatoms. The van der Waals surface area contributed by atoms with Crippen molar-refractivity contribution in [2.24, 2.45) is 0 Å². The Hall–Kier alpha value is -1.70. The summed E-state index contributed by atoms with van der Waals surface area (Å²) in [6, 6.07) is 9.92. The van der Waals surface area contributed by atoms with Gasteiger partial charge in [-0.3, -0.25) is 0 Å². The van der Waals surface area contributed by atoms with Crippen LogP contribution in [0.1, 0.15) is 28.9 Å². The van der Waals surface area contributed by atoms with Crippen molar-refractivity contribution in [3.05, 3.63) is 52.9 Å². The molecule has 2 aromatic rings. The van der Waals surface area contributed by atoms with Crippen LogP contribution in [0.25, 0.3) is 0 Å². The van der Waals surface area contributed by atoms with Crippen LogP contribution in [-0.2, 0) is 10.0 Å². The highest BCUT2D eigenvalue weighted by Crippen LogP contribution is 2.22. The van der Waals surface area contributed by atoms with Gasteiger partial charge in [0.2, 0.25) is 0 Å². The van der Waals surface area contributed by atoms with E-state index < -0.39 is 22.0 Å². The molecule has 0 aliphatic heterocycles. The summed E-state index contributed by atoms with van der Waals surface area (Å²) in [4.78, 5) is 10.8. The van der Waals surface area contributed by atoms with Gasteiger partial charge in [0.05, 0.1) is 5.56 Å². The van der Waals surface area contributed by atoms with Crippen LogP contribution < -0.4 is 4.72 Å². The van der Waals surface area contributed by atoms with Crippen molar-refractivity contribution < 1.29 is 18.3 Å². The van der Waals surface area contributed by atoms with Crippen molar-refractivity contribution in [3.8, 4) is 0 Å². The van der Waals surface area contributed by atoms with Gasteiger partial charge in [-0.2, -0.15) is 0 Å². The van der Waals surface area contributed by atoms with Gasteiger partial charge < -0.3 is 5.11 Å². The second-order valence-corrected chi connectivity index (χ2v) is 7.07. The van der Waals surface area contributed by atoms with Gasteiger partial charge in [0.15, 0.2) is 0 Å². The fourth-order valence-electron chi connectivity index (χ4n) is 1.67. The van der Waals surface area contributed by atoms with Crippen LogP contribution in [0.5, 0.6) is 0 Å². The average Bonchev–Trinajstić information content (AvgIpc) is 2.90. The van der Waals surface area contributed by atoms with Crippen LogP contribution in [0.4, 0.5) is 0 Å². The minimum atomic E-state index is -3.72. The standard InChI is InChI=1S/C13H13NO4S2/c1-9(10-5-3-2-4-6-10)14-20(17,18)12-7-11(8-19-12)13(15)16/h2-9,14H,1H3,(H,15,16)/t9-/m1/s1. The molecule has 0 bridgehead atoms. The number of carbonyl (C=O) groups is 1. The van der Waals surface area contributed by atoms with Gasteiger partial charge in [-0.15, -0.1) is 11.3 Å². The van der Waals surface area contributed by atoms with Crippen molar-refractivity contribution in [2.45, 2.75) is 17.2 Å². The first kappa shape index (κ1) is 14.7. The number of thiophene rings is 1. The monoisotopic (exact) mass is 311 g/mol. The zero-order chi connectivity index (χ0) is 14.8. The predicted octanol–water partition coefficient (Wildman–Crippen LogP) is 2.49. The van der Waals surface area contributed by atoms with Crippen molar-refractivity contribution >= 4 is 27.3 Å². The number of carboxylic acids is 1. The van der Waals surface area contributed by atoms with Gasteiger partial charge in [0.25, 0.3) is 10.0 Å². The maximum absolute atomic E-state index is 12.2. The molecule has 0 amide bonds. The van der Waals surface area contributed by atoms with E-state index in [0.717, 1.165) is 23.0 Å². The molecule has 0 spiro atoms. The first-order chi connectivity index (χ1) is 9.40. The first-order valence-corrected chi connectivity index (χ1v) is 8.15. The van der Waals surface area contributed by atoms with E-state index in [1.165, 1.54) is 5.38 Å². The summed E-state index contributed by atoms with van der Waals surface area (Å²) in [6.45, 7) is 1.73. The molecule has 20 heavy (non-hydrogen) atoms. The molecule has 0 radical (unpaired) electrons. The van der Waals surface area contributed by atoms with Gasteiger partial charge in [0.1, 0.15) is 4.21 Å². The van der Waals surface area contributed by atoms with Gasteiger partial charge in [-0.1, -0.05) is 30.3 Å². The molecule has 5 nitrogen and oxygen atoms in total. The fourth-order valence-corrected chi connectivity index (χ4v) is 4.07. The Labute approximate surface area is 120 Å². The first-order valence-electron chi connectivity index (χ1n) is 5.79. The van der Waals surface area contributed by atoms with Gasteiger partial charge in [-0.05, 0) is 18.6 Å². The number of hydrogen-bond acceptors (Lipinski definition) is 4. The smallest absolute Gasteiger partial charge is 0.336 e. The summed E-state index contributed by atoms with van der Waals surface area (Å²) >= 11 is 0.891. The molecule has 0 unspecified atom stereocenters. The van der Waals surface area contributed by atoms with Crippen LogP contribution in [0.2, 0.25) is 0 Å². The van der Waals surface area contributed by atoms with Gasteiger partial charge >= 0.3 is 5.97 Å². The Balaban J connectivity index is 2.20. The number of rotatable bonds is 5. The molecule has 1 aromatic heterocycles. The molecule has 1 aromatic carbocycles. The summed E-state index contributed by atoms with van der Waals surface area (Å²) in [6.07, 6.45) is 0. The van der Waals surface area contributed by atoms with Crippen molar-refractivity contribution in [1.29, 1.82) is 0 Å². The molecular weight excluding hydrogens is 298 g/mol. The third-order valence-corrected chi connectivity index (χ3v) is 5.70. The SMILES string of the molecule is C[C@@H](NS(=O)(=O)c1cc(C(=O)O)cs1)c1ccccc1. The lowest BCUT2D eigenvalue weighted by atomic mass is 10.1. The second kappa shape index (κ2) is 5.74. The van der Waals surface area contributed by atoms with E-state index in [1.54, 1.807) is 6.92 Å². The fraction of sp³-hybridized carbons (Fsp3) is 0.154. The summed E-state index contributed by atoms with van der Waals surface area (Å²) in [5.41, 5.74) is 0.814. The molecule has 2 N–H and O–H groups in total. The van der Waals surface area contributed by atoms with Gasteiger partial charge in [-0.25, -0.2) is 17.9 Å². The largest absolute Gasteiger partial charge is 0.478 e. The Bertz CT molecular complexity index is 707. The predicted molar refractivity (Wildman–Crippen MR) is 76.5 cm³/mol. The molecule has 0 saturated heterocycles. The Morgan fingerprint density at radius 1 is 1.30 bits per heavy atom. The van der Waals surface area contributed by atoms with Crippen LogP contribution in [0.15, 0.2) is 46.0 Å². The lowest BCUT2D eigenvalue weighted by Crippen LogP contribution is -2.26. The quantitative estimate of drug-likeness (QED) is 0.888. The summed E-state index contributed by atoms with van der Waals surface area (Å²) in [5, 5.41) is 10.1. The topological polar surface area (TPSA) is 83.5 Å². The summed E-state index contributed by atoms with van der Waals surface area (Å²) in [7, 11) is -3.72. The zero-order valence-electron chi connectivity index (χ0n) is 10.6.